The van der Waals surface area contributed by atoms with E-state index in [2.05, 4.69) is 11.9 Å². The van der Waals surface area contributed by atoms with Gasteiger partial charge in [0.15, 0.2) is 0 Å². The lowest BCUT2D eigenvalue weighted by molar-refractivity contribution is -0.0731. The number of benzene rings is 1. The fraction of sp³-hybridized carbons (Fsp3) is 0.650. The number of rotatable bonds is 4. The van der Waals surface area contributed by atoms with Crippen molar-refractivity contribution in [2.45, 2.75) is 32.3 Å². The number of nitrogens with zero attached hydrogens (tertiary/aromatic N) is 2. The highest BCUT2D eigenvalue weighted by atomic mass is 16.5. The number of hydrogen-bond donors (Lipinski definition) is 2. The Morgan fingerprint density at radius 3 is 2.96 bits per heavy atom. The second kappa shape index (κ2) is 7.94. The normalized spacial score (nSPS) is 26.9. The van der Waals surface area contributed by atoms with Gasteiger partial charge in [-0.2, -0.15) is 0 Å². The van der Waals surface area contributed by atoms with E-state index in [1.807, 2.05) is 30.0 Å². The first-order valence-corrected chi connectivity index (χ1v) is 9.54. The third-order valence-corrected chi connectivity index (χ3v) is 5.71. The molecule has 1 amide bonds. The SMILES string of the molecule is Cc1ccc(OCCN)c(C(=O)N2CCC[C@]3(CN(C)CC[C@@H]3O)C2)c1. The summed E-state index contributed by atoms with van der Waals surface area (Å²) in [6.45, 7) is 5.84. The molecule has 0 radical (unpaired) electrons. The van der Waals surface area contributed by atoms with Gasteiger partial charge in [0.1, 0.15) is 12.4 Å². The van der Waals surface area contributed by atoms with Gasteiger partial charge in [0.25, 0.3) is 5.91 Å². The lowest BCUT2D eigenvalue weighted by atomic mass is 9.71. The van der Waals surface area contributed by atoms with Crippen LogP contribution in [0.2, 0.25) is 0 Å². The molecule has 2 saturated heterocycles. The minimum Gasteiger partial charge on any atom is -0.491 e. The van der Waals surface area contributed by atoms with Gasteiger partial charge < -0.3 is 25.4 Å². The van der Waals surface area contributed by atoms with E-state index in [1.54, 1.807) is 0 Å². The monoisotopic (exact) mass is 361 g/mol. The van der Waals surface area contributed by atoms with E-state index in [4.69, 9.17) is 10.5 Å². The quantitative estimate of drug-likeness (QED) is 0.844. The maximum Gasteiger partial charge on any atom is 0.257 e. The number of aliphatic hydroxyl groups is 1. The number of hydrogen-bond acceptors (Lipinski definition) is 5. The van der Waals surface area contributed by atoms with Crippen LogP contribution in [0.15, 0.2) is 18.2 Å². The molecule has 1 spiro atoms. The zero-order chi connectivity index (χ0) is 18.7. The zero-order valence-electron chi connectivity index (χ0n) is 15.9. The zero-order valence-corrected chi connectivity index (χ0v) is 15.9. The lowest BCUT2D eigenvalue weighted by Gasteiger charge is -2.50. The molecule has 0 saturated carbocycles. The number of piperidine rings is 2. The van der Waals surface area contributed by atoms with Crippen LogP contribution in [0.1, 0.15) is 35.2 Å². The summed E-state index contributed by atoms with van der Waals surface area (Å²) in [5, 5.41) is 10.7. The average molecular weight is 361 g/mol. The van der Waals surface area contributed by atoms with Crippen LogP contribution in [0.3, 0.4) is 0 Å². The summed E-state index contributed by atoms with van der Waals surface area (Å²) >= 11 is 0. The summed E-state index contributed by atoms with van der Waals surface area (Å²) < 4.78 is 5.70. The van der Waals surface area contributed by atoms with E-state index in [0.717, 1.165) is 44.5 Å². The van der Waals surface area contributed by atoms with Crippen molar-refractivity contribution in [3.63, 3.8) is 0 Å². The van der Waals surface area contributed by atoms with Crippen LogP contribution in [-0.2, 0) is 0 Å². The molecule has 0 aliphatic carbocycles. The molecule has 2 aliphatic rings. The van der Waals surface area contributed by atoms with Crippen molar-refractivity contribution in [3.8, 4) is 5.75 Å². The molecule has 3 N–H and O–H groups in total. The number of amides is 1. The maximum absolute atomic E-state index is 13.3. The number of aliphatic hydroxyl groups excluding tert-OH is 1. The molecule has 26 heavy (non-hydrogen) atoms. The van der Waals surface area contributed by atoms with Gasteiger partial charge in [-0.05, 0) is 45.4 Å². The van der Waals surface area contributed by atoms with Crippen LogP contribution in [-0.4, -0.2) is 73.3 Å². The Hall–Kier alpha value is -1.63. The molecule has 1 aromatic carbocycles. The Balaban J connectivity index is 1.82. The van der Waals surface area contributed by atoms with E-state index in [0.29, 0.717) is 31.0 Å². The Morgan fingerprint density at radius 1 is 1.38 bits per heavy atom. The van der Waals surface area contributed by atoms with Gasteiger partial charge in [-0.25, -0.2) is 0 Å². The summed E-state index contributed by atoms with van der Waals surface area (Å²) in [5.41, 5.74) is 6.94. The highest BCUT2D eigenvalue weighted by Crippen LogP contribution is 2.39. The van der Waals surface area contributed by atoms with Crippen molar-refractivity contribution in [1.29, 1.82) is 0 Å². The minimum atomic E-state index is -0.347. The molecule has 0 unspecified atom stereocenters. The molecule has 2 heterocycles. The van der Waals surface area contributed by atoms with Gasteiger partial charge >= 0.3 is 0 Å². The molecule has 0 bridgehead atoms. The van der Waals surface area contributed by atoms with Gasteiger partial charge in [-0.3, -0.25) is 4.79 Å². The Labute approximate surface area is 155 Å². The van der Waals surface area contributed by atoms with Gasteiger partial charge in [0.2, 0.25) is 0 Å². The number of ether oxygens (including phenoxy) is 1. The lowest BCUT2D eigenvalue weighted by Crippen LogP contribution is -2.59. The molecule has 6 heteroatoms. The van der Waals surface area contributed by atoms with E-state index < -0.39 is 0 Å². The highest BCUT2D eigenvalue weighted by Gasteiger charge is 2.45. The summed E-state index contributed by atoms with van der Waals surface area (Å²) in [5.74, 6) is 0.576. The number of carbonyl (C=O) groups excluding carboxylic acids is 1. The molecule has 0 aromatic heterocycles. The van der Waals surface area contributed by atoms with E-state index in [9.17, 15) is 9.90 Å². The Bertz CT molecular complexity index is 651. The van der Waals surface area contributed by atoms with Crippen LogP contribution >= 0.6 is 0 Å². The standard InChI is InChI=1S/C20H31N3O3/c1-15-4-5-17(26-11-8-21)16(12-15)19(25)23-9-3-7-20(14-23)13-22(2)10-6-18(20)24/h4-5,12,18,24H,3,6-11,13-14,21H2,1-2H3/t18-,20-/m0/s1. The largest absolute Gasteiger partial charge is 0.491 e. The Morgan fingerprint density at radius 2 is 2.19 bits per heavy atom. The first kappa shape index (κ1) is 19.1. The van der Waals surface area contributed by atoms with Crippen LogP contribution in [0.5, 0.6) is 5.75 Å². The first-order chi connectivity index (χ1) is 12.4. The number of aryl methyl sites for hydroxylation is 1. The van der Waals surface area contributed by atoms with Crippen molar-refractivity contribution < 1.29 is 14.6 Å². The third-order valence-electron chi connectivity index (χ3n) is 5.71. The summed E-state index contributed by atoms with van der Waals surface area (Å²) in [7, 11) is 2.09. The van der Waals surface area contributed by atoms with Crippen LogP contribution in [0, 0.1) is 12.3 Å². The van der Waals surface area contributed by atoms with Crippen molar-refractivity contribution in [2.75, 3.05) is 46.4 Å². The van der Waals surface area contributed by atoms with E-state index in [-0.39, 0.29) is 17.4 Å². The smallest absolute Gasteiger partial charge is 0.257 e. The van der Waals surface area contributed by atoms with Crippen LogP contribution < -0.4 is 10.5 Å². The van der Waals surface area contributed by atoms with Crippen molar-refractivity contribution >= 4 is 5.91 Å². The molecular weight excluding hydrogens is 330 g/mol. The topological polar surface area (TPSA) is 79.0 Å². The number of nitrogens with two attached hydrogens (primary N) is 1. The third kappa shape index (κ3) is 3.87. The van der Waals surface area contributed by atoms with E-state index >= 15 is 0 Å². The minimum absolute atomic E-state index is 0.0137. The van der Waals surface area contributed by atoms with E-state index in [1.165, 1.54) is 0 Å². The van der Waals surface area contributed by atoms with Gasteiger partial charge in [0.05, 0.1) is 11.7 Å². The summed E-state index contributed by atoms with van der Waals surface area (Å²) in [6, 6.07) is 5.68. The second-order valence-electron chi connectivity index (χ2n) is 7.87. The average Bonchev–Trinajstić information content (AvgIpc) is 2.63. The van der Waals surface area contributed by atoms with Gasteiger partial charge in [-0.15, -0.1) is 0 Å². The number of likely N-dealkylation sites (tertiary alicyclic amines) is 2. The fourth-order valence-electron chi connectivity index (χ4n) is 4.38. The predicted octanol–water partition coefficient (Wildman–Crippen LogP) is 1.25. The van der Waals surface area contributed by atoms with Gasteiger partial charge in [-0.1, -0.05) is 11.6 Å². The molecule has 2 fully saturated rings. The van der Waals surface area contributed by atoms with Crippen molar-refractivity contribution in [1.82, 2.24) is 9.80 Å². The summed E-state index contributed by atoms with van der Waals surface area (Å²) in [4.78, 5) is 17.4. The molecule has 6 nitrogen and oxygen atoms in total. The molecule has 144 valence electrons. The predicted molar refractivity (Wildman–Crippen MR) is 101 cm³/mol. The van der Waals surface area contributed by atoms with Crippen molar-refractivity contribution in [2.24, 2.45) is 11.1 Å². The molecule has 3 rings (SSSR count). The number of carbonyl (C=O) groups is 1. The molecule has 1 aromatic rings. The summed E-state index contributed by atoms with van der Waals surface area (Å²) in [6.07, 6.45) is 2.31. The first-order valence-electron chi connectivity index (χ1n) is 9.54. The maximum atomic E-state index is 13.3. The highest BCUT2D eigenvalue weighted by molar-refractivity contribution is 5.97. The van der Waals surface area contributed by atoms with Crippen LogP contribution in [0.4, 0.5) is 0 Å². The molecule has 2 aliphatic heterocycles. The molecular formula is C20H31N3O3. The molecule has 2 atom stereocenters. The van der Waals surface area contributed by atoms with Gasteiger partial charge in [0, 0.05) is 38.1 Å². The van der Waals surface area contributed by atoms with Crippen LogP contribution in [0.25, 0.3) is 0 Å². The fourth-order valence-corrected chi connectivity index (χ4v) is 4.38. The van der Waals surface area contributed by atoms with Crippen molar-refractivity contribution in [3.05, 3.63) is 29.3 Å². The second-order valence-corrected chi connectivity index (χ2v) is 7.87. The Kier molecular flexibility index (Phi) is 5.85.